The summed E-state index contributed by atoms with van der Waals surface area (Å²) in [6.45, 7) is 1.56. The lowest BCUT2D eigenvalue weighted by Gasteiger charge is -2.08. The molecular weight excluding hydrogens is 373 g/mol. The van der Waals surface area contributed by atoms with E-state index in [9.17, 15) is 9.18 Å². The Hall–Kier alpha value is -2.59. The summed E-state index contributed by atoms with van der Waals surface area (Å²) in [6.07, 6.45) is 2.21. The first kappa shape index (κ1) is 17.2. The van der Waals surface area contributed by atoms with Gasteiger partial charge in [0.25, 0.3) is 5.88 Å². The standard InChI is InChI=1S/C14H11ClFN5O3S/c1-7-17-5-8(6-18-7)19-14(22)24-3-2-23-11-9(16)4-10-12(21-11)25-13(15)20-10/h4-6H,2-3H2,1H3,(H,19,22). The summed E-state index contributed by atoms with van der Waals surface area (Å²) in [5, 5.41) is 2.45. The molecule has 0 fully saturated rings. The molecule has 0 saturated carbocycles. The van der Waals surface area contributed by atoms with E-state index in [1.165, 1.54) is 18.5 Å². The van der Waals surface area contributed by atoms with Crippen LogP contribution in [0.3, 0.4) is 0 Å². The Balaban J connectivity index is 1.48. The molecule has 0 spiro atoms. The summed E-state index contributed by atoms with van der Waals surface area (Å²) in [7, 11) is 0. The molecule has 0 aliphatic rings. The molecule has 3 heterocycles. The minimum absolute atomic E-state index is 0.0697. The molecule has 25 heavy (non-hydrogen) atoms. The summed E-state index contributed by atoms with van der Waals surface area (Å²) in [4.78, 5) is 27.8. The molecule has 130 valence electrons. The van der Waals surface area contributed by atoms with Crippen LogP contribution in [0.2, 0.25) is 4.47 Å². The highest BCUT2D eigenvalue weighted by atomic mass is 35.5. The maximum absolute atomic E-state index is 13.8. The number of thiazole rings is 1. The van der Waals surface area contributed by atoms with Gasteiger partial charge in [0.2, 0.25) is 0 Å². The number of rotatable bonds is 5. The average molecular weight is 384 g/mol. The number of pyridine rings is 1. The largest absolute Gasteiger partial charge is 0.472 e. The van der Waals surface area contributed by atoms with Crippen LogP contribution in [0.4, 0.5) is 14.9 Å². The Labute approximate surface area is 150 Å². The molecule has 0 bridgehead atoms. The zero-order valence-electron chi connectivity index (χ0n) is 12.8. The van der Waals surface area contributed by atoms with Crippen molar-refractivity contribution in [1.29, 1.82) is 0 Å². The van der Waals surface area contributed by atoms with Gasteiger partial charge in [-0.05, 0) is 6.92 Å². The second-order valence-corrected chi connectivity index (χ2v) is 6.25. The fourth-order valence-electron chi connectivity index (χ4n) is 1.78. The normalized spacial score (nSPS) is 10.7. The molecule has 3 aromatic rings. The molecule has 0 saturated heterocycles. The monoisotopic (exact) mass is 383 g/mol. The second-order valence-electron chi connectivity index (χ2n) is 4.69. The van der Waals surface area contributed by atoms with Crippen LogP contribution < -0.4 is 10.1 Å². The Morgan fingerprint density at radius 2 is 2.08 bits per heavy atom. The van der Waals surface area contributed by atoms with Gasteiger partial charge in [0.05, 0.1) is 18.1 Å². The quantitative estimate of drug-likeness (QED) is 0.675. The maximum Gasteiger partial charge on any atom is 0.411 e. The first-order valence-electron chi connectivity index (χ1n) is 6.99. The smallest absolute Gasteiger partial charge is 0.411 e. The number of hydrogen-bond donors (Lipinski definition) is 1. The summed E-state index contributed by atoms with van der Waals surface area (Å²) >= 11 is 6.87. The highest BCUT2D eigenvalue weighted by Crippen LogP contribution is 2.27. The van der Waals surface area contributed by atoms with Gasteiger partial charge in [0.1, 0.15) is 29.4 Å². The van der Waals surface area contributed by atoms with E-state index in [0.29, 0.717) is 21.9 Å². The molecule has 0 radical (unpaired) electrons. The van der Waals surface area contributed by atoms with E-state index in [1.54, 1.807) is 6.92 Å². The fourth-order valence-corrected chi connectivity index (χ4v) is 2.74. The van der Waals surface area contributed by atoms with Gasteiger partial charge in [-0.3, -0.25) is 5.32 Å². The maximum atomic E-state index is 13.8. The van der Waals surface area contributed by atoms with Crippen molar-refractivity contribution in [3.8, 4) is 5.88 Å². The number of aromatic nitrogens is 4. The number of amides is 1. The molecule has 8 nitrogen and oxygen atoms in total. The zero-order chi connectivity index (χ0) is 17.8. The highest BCUT2D eigenvalue weighted by molar-refractivity contribution is 7.21. The van der Waals surface area contributed by atoms with Gasteiger partial charge in [-0.2, -0.15) is 4.98 Å². The fraction of sp³-hybridized carbons (Fsp3) is 0.214. The number of nitrogens with one attached hydrogen (secondary N) is 1. The van der Waals surface area contributed by atoms with Crippen molar-refractivity contribution in [2.24, 2.45) is 0 Å². The predicted molar refractivity (Wildman–Crippen MR) is 89.6 cm³/mol. The van der Waals surface area contributed by atoms with Crippen LogP contribution >= 0.6 is 22.9 Å². The molecule has 0 atom stereocenters. The van der Waals surface area contributed by atoms with Gasteiger partial charge in [-0.25, -0.2) is 24.1 Å². The summed E-state index contributed by atoms with van der Waals surface area (Å²) < 4.78 is 24.2. The zero-order valence-corrected chi connectivity index (χ0v) is 14.4. The van der Waals surface area contributed by atoms with Crippen LogP contribution in [0.1, 0.15) is 5.82 Å². The van der Waals surface area contributed by atoms with Crippen molar-refractivity contribution >= 4 is 45.1 Å². The van der Waals surface area contributed by atoms with Crippen LogP contribution in [-0.2, 0) is 4.74 Å². The third-order valence-corrected chi connectivity index (χ3v) is 3.93. The molecule has 0 aromatic carbocycles. The molecule has 1 N–H and O–H groups in total. The van der Waals surface area contributed by atoms with Gasteiger partial charge in [0, 0.05) is 6.07 Å². The molecular formula is C14H11ClFN5O3S. The molecule has 11 heteroatoms. The topological polar surface area (TPSA) is 99.1 Å². The number of carbonyl (C=O) groups is 1. The third kappa shape index (κ3) is 4.48. The first-order valence-corrected chi connectivity index (χ1v) is 8.18. The van der Waals surface area contributed by atoms with E-state index in [4.69, 9.17) is 21.1 Å². The Morgan fingerprint density at radius 3 is 2.84 bits per heavy atom. The van der Waals surface area contributed by atoms with E-state index < -0.39 is 11.9 Å². The van der Waals surface area contributed by atoms with Gasteiger partial charge in [-0.15, -0.1) is 0 Å². The Bertz CT molecular complexity index is 905. The number of ether oxygens (including phenoxy) is 2. The third-order valence-electron chi connectivity index (χ3n) is 2.86. The van der Waals surface area contributed by atoms with E-state index in [-0.39, 0.29) is 23.6 Å². The number of fused-ring (bicyclic) bond motifs is 1. The van der Waals surface area contributed by atoms with Crippen LogP contribution in [-0.4, -0.2) is 39.2 Å². The van der Waals surface area contributed by atoms with Crippen molar-refractivity contribution < 1.29 is 18.7 Å². The van der Waals surface area contributed by atoms with E-state index in [0.717, 1.165) is 11.3 Å². The minimum atomic E-state index is -0.700. The predicted octanol–water partition coefficient (Wildman–Crippen LogP) is 3.21. The van der Waals surface area contributed by atoms with Crippen LogP contribution in [0, 0.1) is 12.7 Å². The van der Waals surface area contributed by atoms with Crippen LogP contribution in [0.5, 0.6) is 5.88 Å². The van der Waals surface area contributed by atoms with E-state index >= 15 is 0 Å². The number of carbonyl (C=O) groups excluding carboxylic acids is 1. The lowest BCUT2D eigenvalue weighted by molar-refractivity contribution is 0.135. The van der Waals surface area contributed by atoms with E-state index in [1.807, 2.05) is 0 Å². The molecule has 0 aliphatic heterocycles. The van der Waals surface area contributed by atoms with Crippen molar-refractivity contribution in [2.45, 2.75) is 6.92 Å². The van der Waals surface area contributed by atoms with Crippen molar-refractivity contribution in [2.75, 3.05) is 18.5 Å². The number of aryl methyl sites for hydroxylation is 1. The van der Waals surface area contributed by atoms with Crippen LogP contribution in [0.25, 0.3) is 10.3 Å². The van der Waals surface area contributed by atoms with Crippen molar-refractivity contribution in [3.63, 3.8) is 0 Å². The van der Waals surface area contributed by atoms with Gasteiger partial charge >= 0.3 is 6.09 Å². The van der Waals surface area contributed by atoms with E-state index in [2.05, 4.69) is 25.3 Å². The van der Waals surface area contributed by atoms with Crippen LogP contribution in [0.15, 0.2) is 18.5 Å². The van der Waals surface area contributed by atoms with Crippen molar-refractivity contribution in [1.82, 2.24) is 19.9 Å². The second kappa shape index (κ2) is 7.53. The summed E-state index contributed by atoms with van der Waals surface area (Å²) in [6, 6.07) is 1.19. The summed E-state index contributed by atoms with van der Waals surface area (Å²) in [5.74, 6) is -0.291. The Kier molecular flexibility index (Phi) is 5.19. The van der Waals surface area contributed by atoms with Gasteiger partial charge in [0.15, 0.2) is 10.3 Å². The Morgan fingerprint density at radius 1 is 1.32 bits per heavy atom. The van der Waals surface area contributed by atoms with Gasteiger partial charge in [-0.1, -0.05) is 22.9 Å². The SMILES string of the molecule is Cc1ncc(NC(=O)OCCOc2nc3sc(Cl)nc3cc2F)cn1. The first-order chi connectivity index (χ1) is 12.0. The minimum Gasteiger partial charge on any atom is -0.472 e. The molecule has 3 rings (SSSR count). The highest BCUT2D eigenvalue weighted by Gasteiger charge is 2.12. The molecule has 0 unspecified atom stereocenters. The lowest BCUT2D eigenvalue weighted by Crippen LogP contribution is -2.18. The number of anilines is 1. The molecule has 0 aliphatic carbocycles. The average Bonchev–Trinajstić information content (AvgIpc) is 2.92. The van der Waals surface area contributed by atoms with Gasteiger partial charge < -0.3 is 9.47 Å². The number of nitrogens with zero attached hydrogens (tertiary/aromatic N) is 4. The summed E-state index contributed by atoms with van der Waals surface area (Å²) in [5.41, 5.74) is 0.757. The molecule has 1 amide bonds. The lowest BCUT2D eigenvalue weighted by atomic mass is 10.4. The van der Waals surface area contributed by atoms with Crippen molar-refractivity contribution in [3.05, 3.63) is 34.6 Å². The number of hydrogen-bond acceptors (Lipinski definition) is 8. The number of halogens is 2. The molecule has 3 aromatic heterocycles.